The Morgan fingerprint density at radius 3 is 2.74 bits per heavy atom. The first kappa shape index (κ1) is 13.8. The molecule has 2 nitrogen and oxygen atoms in total. The van der Waals surface area contributed by atoms with Gasteiger partial charge in [0.1, 0.15) is 5.82 Å². The lowest BCUT2D eigenvalue weighted by Crippen LogP contribution is -2.12. The number of hydrogen-bond acceptors (Lipinski definition) is 2. The molecule has 0 aromatic heterocycles. The van der Waals surface area contributed by atoms with Crippen LogP contribution in [0.4, 0.5) is 10.1 Å². The van der Waals surface area contributed by atoms with E-state index in [9.17, 15) is 9.50 Å². The van der Waals surface area contributed by atoms with Gasteiger partial charge in [-0.15, -0.1) is 0 Å². The standard InChI is InChI=1S/C15H15ClFNO/c1-10-3-2-4-11(7-10)15(19)9-18-12-5-6-14(17)13(16)8-12/h2-8,15,18-19H,9H2,1H3. The number of rotatable bonds is 4. The summed E-state index contributed by atoms with van der Waals surface area (Å²) in [6.45, 7) is 2.31. The van der Waals surface area contributed by atoms with Gasteiger partial charge in [-0.3, -0.25) is 0 Å². The summed E-state index contributed by atoms with van der Waals surface area (Å²) in [5.74, 6) is -0.452. The summed E-state index contributed by atoms with van der Waals surface area (Å²) in [6.07, 6.45) is -0.622. The van der Waals surface area contributed by atoms with E-state index in [4.69, 9.17) is 11.6 Å². The molecule has 2 aromatic carbocycles. The van der Waals surface area contributed by atoms with Crippen molar-refractivity contribution in [2.24, 2.45) is 0 Å². The topological polar surface area (TPSA) is 32.3 Å². The molecule has 2 rings (SSSR count). The van der Waals surface area contributed by atoms with Gasteiger partial charge in [-0.05, 0) is 30.7 Å². The number of aryl methyl sites for hydroxylation is 1. The first-order valence-corrected chi connectivity index (χ1v) is 6.37. The van der Waals surface area contributed by atoms with Gasteiger partial charge in [0, 0.05) is 12.2 Å². The van der Waals surface area contributed by atoms with Gasteiger partial charge >= 0.3 is 0 Å². The van der Waals surface area contributed by atoms with Crippen LogP contribution in [0, 0.1) is 12.7 Å². The molecule has 0 saturated carbocycles. The van der Waals surface area contributed by atoms with Crippen LogP contribution >= 0.6 is 11.6 Å². The second kappa shape index (κ2) is 6.04. The number of aliphatic hydroxyl groups is 1. The molecule has 0 bridgehead atoms. The van der Waals surface area contributed by atoms with Crippen molar-refractivity contribution in [3.8, 4) is 0 Å². The summed E-state index contributed by atoms with van der Waals surface area (Å²) in [5, 5.41) is 13.2. The molecular formula is C15H15ClFNO. The highest BCUT2D eigenvalue weighted by Gasteiger charge is 2.08. The fourth-order valence-electron chi connectivity index (χ4n) is 1.82. The predicted octanol–water partition coefficient (Wildman–Crippen LogP) is 3.93. The normalized spacial score (nSPS) is 12.2. The van der Waals surface area contributed by atoms with Crippen molar-refractivity contribution in [3.05, 3.63) is 64.4 Å². The highest BCUT2D eigenvalue weighted by Crippen LogP contribution is 2.21. The average Bonchev–Trinajstić information content (AvgIpc) is 2.40. The van der Waals surface area contributed by atoms with Gasteiger partial charge in [0.25, 0.3) is 0 Å². The monoisotopic (exact) mass is 279 g/mol. The zero-order chi connectivity index (χ0) is 13.8. The highest BCUT2D eigenvalue weighted by molar-refractivity contribution is 6.31. The van der Waals surface area contributed by atoms with E-state index in [1.54, 1.807) is 6.07 Å². The van der Waals surface area contributed by atoms with Gasteiger partial charge < -0.3 is 10.4 Å². The highest BCUT2D eigenvalue weighted by atomic mass is 35.5. The number of halogens is 2. The number of anilines is 1. The van der Waals surface area contributed by atoms with E-state index in [-0.39, 0.29) is 5.02 Å². The minimum atomic E-state index is -0.622. The first-order valence-electron chi connectivity index (χ1n) is 6.00. The largest absolute Gasteiger partial charge is 0.387 e. The lowest BCUT2D eigenvalue weighted by molar-refractivity contribution is 0.191. The second-order valence-corrected chi connectivity index (χ2v) is 4.85. The number of aliphatic hydroxyl groups excluding tert-OH is 1. The molecule has 0 aliphatic rings. The van der Waals surface area contributed by atoms with E-state index < -0.39 is 11.9 Å². The Morgan fingerprint density at radius 2 is 2.05 bits per heavy atom. The molecule has 1 unspecified atom stereocenters. The van der Waals surface area contributed by atoms with Gasteiger partial charge in [0.05, 0.1) is 11.1 Å². The van der Waals surface area contributed by atoms with E-state index in [0.29, 0.717) is 12.2 Å². The average molecular weight is 280 g/mol. The number of benzene rings is 2. The molecule has 100 valence electrons. The van der Waals surface area contributed by atoms with Crippen LogP contribution in [0.25, 0.3) is 0 Å². The van der Waals surface area contributed by atoms with Crippen molar-refractivity contribution in [1.82, 2.24) is 0 Å². The SMILES string of the molecule is Cc1cccc(C(O)CNc2ccc(F)c(Cl)c2)c1. The summed E-state index contributed by atoms with van der Waals surface area (Å²) < 4.78 is 13.0. The molecule has 4 heteroatoms. The van der Waals surface area contributed by atoms with E-state index in [2.05, 4.69) is 5.32 Å². The van der Waals surface area contributed by atoms with Gasteiger partial charge in [0.2, 0.25) is 0 Å². The van der Waals surface area contributed by atoms with E-state index >= 15 is 0 Å². The molecule has 0 heterocycles. The molecule has 0 spiro atoms. The lowest BCUT2D eigenvalue weighted by Gasteiger charge is -2.14. The van der Waals surface area contributed by atoms with Crippen molar-refractivity contribution >= 4 is 17.3 Å². The van der Waals surface area contributed by atoms with Crippen molar-refractivity contribution in [3.63, 3.8) is 0 Å². The third-order valence-corrected chi connectivity index (χ3v) is 3.14. The Labute approximate surface area is 116 Å². The van der Waals surface area contributed by atoms with Crippen molar-refractivity contribution in [2.75, 3.05) is 11.9 Å². The molecule has 0 saturated heterocycles. The predicted molar refractivity (Wildman–Crippen MR) is 76.0 cm³/mol. The van der Waals surface area contributed by atoms with Gasteiger partial charge in [-0.1, -0.05) is 41.4 Å². The molecule has 0 aliphatic carbocycles. The minimum absolute atomic E-state index is 0.0649. The zero-order valence-corrected chi connectivity index (χ0v) is 11.3. The zero-order valence-electron chi connectivity index (χ0n) is 10.5. The van der Waals surface area contributed by atoms with E-state index in [1.807, 2.05) is 31.2 Å². The fraction of sp³-hybridized carbons (Fsp3) is 0.200. The quantitative estimate of drug-likeness (QED) is 0.889. The first-order chi connectivity index (χ1) is 9.06. The van der Waals surface area contributed by atoms with Crippen LogP contribution in [0.2, 0.25) is 5.02 Å². The number of hydrogen-bond donors (Lipinski definition) is 2. The molecule has 19 heavy (non-hydrogen) atoms. The molecule has 0 radical (unpaired) electrons. The third-order valence-electron chi connectivity index (χ3n) is 2.85. The summed E-state index contributed by atoms with van der Waals surface area (Å²) >= 11 is 5.69. The summed E-state index contributed by atoms with van der Waals surface area (Å²) in [5.41, 5.74) is 2.63. The molecule has 2 aromatic rings. The Bertz CT molecular complexity index is 574. The van der Waals surface area contributed by atoms with Crippen LogP contribution in [0.5, 0.6) is 0 Å². The van der Waals surface area contributed by atoms with Crippen LogP contribution < -0.4 is 5.32 Å². The van der Waals surface area contributed by atoms with Crippen molar-refractivity contribution < 1.29 is 9.50 Å². The molecule has 0 aliphatic heterocycles. The van der Waals surface area contributed by atoms with Crippen molar-refractivity contribution in [2.45, 2.75) is 13.0 Å². The lowest BCUT2D eigenvalue weighted by atomic mass is 10.1. The maximum Gasteiger partial charge on any atom is 0.141 e. The van der Waals surface area contributed by atoms with Crippen molar-refractivity contribution in [1.29, 1.82) is 0 Å². The summed E-state index contributed by atoms with van der Waals surface area (Å²) in [6, 6.07) is 12.1. The van der Waals surface area contributed by atoms with Crippen LogP contribution in [-0.2, 0) is 0 Å². The van der Waals surface area contributed by atoms with Crippen LogP contribution in [0.1, 0.15) is 17.2 Å². The van der Waals surface area contributed by atoms with Gasteiger partial charge in [0.15, 0.2) is 0 Å². The van der Waals surface area contributed by atoms with Crippen LogP contribution in [0.15, 0.2) is 42.5 Å². The second-order valence-electron chi connectivity index (χ2n) is 4.44. The number of nitrogens with one attached hydrogen (secondary N) is 1. The third kappa shape index (κ3) is 3.69. The van der Waals surface area contributed by atoms with Crippen LogP contribution in [0.3, 0.4) is 0 Å². The summed E-state index contributed by atoms with van der Waals surface area (Å²) in [7, 11) is 0. The maximum atomic E-state index is 13.0. The van der Waals surface area contributed by atoms with E-state index in [1.165, 1.54) is 12.1 Å². The Hall–Kier alpha value is -1.58. The Kier molecular flexibility index (Phi) is 4.40. The van der Waals surface area contributed by atoms with E-state index in [0.717, 1.165) is 11.1 Å². The maximum absolute atomic E-state index is 13.0. The smallest absolute Gasteiger partial charge is 0.141 e. The molecule has 0 fully saturated rings. The summed E-state index contributed by atoms with van der Waals surface area (Å²) in [4.78, 5) is 0. The molecular weight excluding hydrogens is 265 g/mol. The van der Waals surface area contributed by atoms with Crippen LogP contribution in [-0.4, -0.2) is 11.7 Å². The molecule has 2 N–H and O–H groups in total. The Balaban J connectivity index is 2.00. The molecule has 1 atom stereocenters. The fourth-order valence-corrected chi connectivity index (χ4v) is 2.00. The Morgan fingerprint density at radius 1 is 1.26 bits per heavy atom. The minimum Gasteiger partial charge on any atom is -0.387 e. The molecule has 0 amide bonds. The van der Waals surface area contributed by atoms with Gasteiger partial charge in [-0.25, -0.2) is 4.39 Å². The van der Waals surface area contributed by atoms with Gasteiger partial charge in [-0.2, -0.15) is 0 Å².